The summed E-state index contributed by atoms with van der Waals surface area (Å²) in [5.41, 5.74) is 5.63. The maximum Gasteiger partial charge on any atom is 0.204 e. The van der Waals surface area contributed by atoms with Crippen LogP contribution in [0, 0.1) is 0 Å². The van der Waals surface area contributed by atoms with E-state index in [0.717, 1.165) is 31.1 Å². The number of rotatable bonds is 2. The Hall–Kier alpha value is -1.63. The van der Waals surface area contributed by atoms with E-state index in [1.165, 1.54) is 11.5 Å². The van der Waals surface area contributed by atoms with Gasteiger partial charge in [0.1, 0.15) is 12.1 Å². The van der Waals surface area contributed by atoms with E-state index in [1.807, 2.05) is 16.9 Å². The van der Waals surface area contributed by atoms with Gasteiger partial charge in [0.15, 0.2) is 0 Å². The van der Waals surface area contributed by atoms with Crippen molar-refractivity contribution in [2.24, 2.45) is 0 Å². The summed E-state index contributed by atoms with van der Waals surface area (Å²) >= 11 is 1.45. The summed E-state index contributed by atoms with van der Waals surface area (Å²) in [5.74, 6) is 0.594. The van der Waals surface area contributed by atoms with E-state index >= 15 is 0 Å². The minimum atomic E-state index is 0.455. The van der Waals surface area contributed by atoms with E-state index in [0.29, 0.717) is 11.9 Å². The first-order chi connectivity index (χ1) is 8.33. The first kappa shape index (κ1) is 10.5. The summed E-state index contributed by atoms with van der Waals surface area (Å²) in [6.45, 7) is 2.00. The first-order valence-electron chi connectivity index (χ1n) is 5.65. The molecule has 1 saturated heterocycles. The molecule has 0 spiro atoms. The molecule has 0 bridgehead atoms. The molecule has 7 heteroatoms. The molecule has 17 heavy (non-hydrogen) atoms. The van der Waals surface area contributed by atoms with Crippen molar-refractivity contribution in [2.75, 3.05) is 23.7 Å². The van der Waals surface area contributed by atoms with Crippen molar-refractivity contribution < 1.29 is 0 Å². The predicted molar refractivity (Wildman–Crippen MR) is 67.0 cm³/mol. The largest absolute Gasteiger partial charge is 0.382 e. The van der Waals surface area contributed by atoms with Gasteiger partial charge in [0.2, 0.25) is 5.13 Å². The van der Waals surface area contributed by atoms with E-state index in [4.69, 9.17) is 5.73 Å². The van der Waals surface area contributed by atoms with Gasteiger partial charge in [-0.3, -0.25) is 4.68 Å². The number of nitrogens with zero attached hydrogens (tertiary/aromatic N) is 5. The number of hydrogen-bond acceptors (Lipinski definition) is 6. The Morgan fingerprint density at radius 1 is 1.35 bits per heavy atom. The monoisotopic (exact) mass is 250 g/mol. The van der Waals surface area contributed by atoms with Crippen molar-refractivity contribution in [3.8, 4) is 0 Å². The molecule has 90 valence electrons. The van der Waals surface area contributed by atoms with Gasteiger partial charge in [-0.15, -0.1) is 0 Å². The minimum absolute atomic E-state index is 0.455. The highest BCUT2D eigenvalue weighted by Crippen LogP contribution is 2.26. The summed E-state index contributed by atoms with van der Waals surface area (Å²) in [6.07, 6.45) is 5.71. The van der Waals surface area contributed by atoms with Gasteiger partial charge >= 0.3 is 0 Å². The summed E-state index contributed by atoms with van der Waals surface area (Å²) in [4.78, 5) is 6.51. The van der Waals surface area contributed by atoms with Crippen molar-refractivity contribution in [2.45, 2.75) is 18.9 Å². The Labute approximate surface area is 103 Å². The van der Waals surface area contributed by atoms with Crippen molar-refractivity contribution in [1.82, 2.24) is 19.1 Å². The molecule has 0 saturated carbocycles. The van der Waals surface area contributed by atoms with Crippen LogP contribution in [0.4, 0.5) is 10.9 Å². The topological polar surface area (TPSA) is 72.9 Å². The molecule has 2 aromatic rings. The van der Waals surface area contributed by atoms with Crippen molar-refractivity contribution in [3.63, 3.8) is 0 Å². The van der Waals surface area contributed by atoms with Crippen LogP contribution in [0.25, 0.3) is 0 Å². The van der Waals surface area contributed by atoms with Crippen molar-refractivity contribution >= 4 is 22.5 Å². The molecule has 1 aliphatic heterocycles. The second-order valence-corrected chi connectivity index (χ2v) is 4.92. The van der Waals surface area contributed by atoms with E-state index in [1.54, 1.807) is 6.33 Å². The summed E-state index contributed by atoms with van der Waals surface area (Å²) < 4.78 is 6.01. The van der Waals surface area contributed by atoms with Crippen LogP contribution in [-0.4, -0.2) is 32.2 Å². The molecule has 3 rings (SSSR count). The Balaban J connectivity index is 1.64. The number of nitrogen functional groups attached to an aromatic ring is 1. The van der Waals surface area contributed by atoms with Crippen LogP contribution in [0.5, 0.6) is 0 Å². The van der Waals surface area contributed by atoms with Crippen LogP contribution < -0.4 is 10.6 Å². The maximum absolute atomic E-state index is 5.63. The van der Waals surface area contributed by atoms with Gasteiger partial charge in [-0.2, -0.15) is 9.47 Å². The zero-order valence-corrected chi connectivity index (χ0v) is 10.2. The Bertz CT molecular complexity index is 471. The summed E-state index contributed by atoms with van der Waals surface area (Å²) in [7, 11) is 0. The molecule has 1 aliphatic rings. The van der Waals surface area contributed by atoms with Crippen LogP contribution in [0.1, 0.15) is 18.9 Å². The highest BCUT2D eigenvalue weighted by Gasteiger charge is 2.22. The fourth-order valence-electron chi connectivity index (χ4n) is 2.18. The molecule has 2 aromatic heterocycles. The lowest BCUT2D eigenvalue weighted by Gasteiger charge is -2.31. The Morgan fingerprint density at radius 2 is 2.18 bits per heavy atom. The van der Waals surface area contributed by atoms with E-state index < -0.39 is 0 Å². The molecule has 0 radical (unpaired) electrons. The number of hydrogen-bond donors (Lipinski definition) is 1. The van der Waals surface area contributed by atoms with Gasteiger partial charge < -0.3 is 10.6 Å². The lowest BCUT2D eigenvalue weighted by molar-refractivity contribution is 0.367. The second kappa shape index (κ2) is 4.33. The predicted octanol–water partition coefficient (Wildman–Crippen LogP) is 1.16. The van der Waals surface area contributed by atoms with E-state index in [9.17, 15) is 0 Å². The van der Waals surface area contributed by atoms with Crippen molar-refractivity contribution in [3.05, 3.63) is 18.6 Å². The van der Waals surface area contributed by atoms with Gasteiger partial charge in [-0.25, -0.2) is 4.98 Å². The van der Waals surface area contributed by atoms with Crippen molar-refractivity contribution in [1.29, 1.82) is 0 Å². The summed E-state index contributed by atoms with van der Waals surface area (Å²) in [6, 6.07) is 2.30. The zero-order valence-electron chi connectivity index (χ0n) is 9.36. The van der Waals surface area contributed by atoms with Gasteiger partial charge in [0, 0.05) is 30.8 Å². The second-order valence-electron chi connectivity index (χ2n) is 4.16. The van der Waals surface area contributed by atoms with Gasteiger partial charge in [-0.05, 0) is 18.9 Å². The van der Waals surface area contributed by atoms with Gasteiger partial charge in [0.05, 0.1) is 6.04 Å². The maximum atomic E-state index is 5.63. The molecule has 0 unspecified atom stereocenters. The third-order valence-corrected chi connectivity index (χ3v) is 3.81. The van der Waals surface area contributed by atoms with Crippen LogP contribution in [-0.2, 0) is 0 Å². The number of anilines is 2. The average molecular weight is 250 g/mol. The molecule has 0 aliphatic carbocycles. The number of nitrogens with two attached hydrogens (primary N) is 1. The van der Waals surface area contributed by atoms with E-state index in [2.05, 4.69) is 19.4 Å². The lowest BCUT2D eigenvalue weighted by Crippen LogP contribution is -2.34. The fourth-order valence-corrected chi connectivity index (χ4v) is 2.77. The minimum Gasteiger partial charge on any atom is -0.382 e. The average Bonchev–Trinajstić information content (AvgIpc) is 3.00. The molecule has 1 fully saturated rings. The van der Waals surface area contributed by atoms with Crippen LogP contribution in [0.3, 0.4) is 0 Å². The van der Waals surface area contributed by atoms with E-state index in [-0.39, 0.29) is 0 Å². The number of piperidine rings is 1. The normalized spacial score (nSPS) is 17.5. The Kier molecular flexibility index (Phi) is 2.68. The van der Waals surface area contributed by atoms with Gasteiger partial charge in [0.25, 0.3) is 0 Å². The van der Waals surface area contributed by atoms with Crippen LogP contribution in [0.2, 0.25) is 0 Å². The third kappa shape index (κ3) is 2.10. The lowest BCUT2D eigenvalue weighted by atomic mass is 10.1. The van der Waals surface area contributed by atoms with Crippen LogP contribution in [0.15, 0.2) is 18.6 Å². The molecule has 6 nitrogen and oxygen atoms in total. The molecule has 2 N–H and O–H groups in total. The fraction of sp³-hybridized carbons (Fsp3) is 0.500. The molecular weight excluding hydrogens is 236 g/mol. The Morgan fingerprint density at radius 3 is 2.76 bits per heavy atom. The molecule has 3 heterocycles. The molecule has 0 atom stereocenters. The molecule has 0 aromatic carbocycles. The summed E-state index contributed by atoms with van der Waals surface area (Å²) in [5, 5.41) is 5.29. The number of aromatic nitrogens is 4. The third-order valence-electron chi connectivity index (χ3n) is 3.09. The van der Waals surface area contributed by atoms with Crippen LogP contribution >= 0.6 is 11.5 Å². The zero-order chi connectivity index (χ0) is 11.7. The first-order valence-corrected chi connectivity index (χ1v) is 6.42. The van der Waals surface area contributed by atoms with Gasteiger partial charge in [-0.1, -0.05) is 0 Å². The smallest absolute Gasteiger partial charge is 0.204 e. The highest BCUT2D eigenvalue weighted by atomic mass is 32.1. The highest BCUT2D eigenvalue weighted by molar-refractivity contribution is 7.09. The molecular formula is C10H14N6S. The quantitative estimate of drug-likeness (QED) is 0.865. The molecule has 0 amide bonds. The SMILES string of the molecule is Nc1ccn(C2CCN(c3ncns3)CC2)n1. The standard InChI is InChI=1S/C10H14N6S/c11-9-3-6-16(14-9)8-1-4-15(5-2-8)10-12-7-13-17-10/h3,6-8H,1-2,4-5H2,(H2,11,14).